The van der Waals surface area contributed by atoms with Crippen molar-refractivity contribution in [2.75, 3.05) is 26.2 Å². The van der Waals surface area contributed by atoms with Crippen molar-refractivity contribution in [3.63, 3.8) is 0 Å². The standard InChI is InChI=1S/C16H24N2OS/c1-2-18(12-13-4-5-13)10-3-11-19-15-8-6-14(7-9-15)16(17)20/h6-9,13H,2-5,10-12H2,1H3,(H2,17,20). The highest BCUT2D eigenvalue weighted by Crippen LogP contribution is 2.29. The maximum Gasteiger partial charge on any atom is 0.119 e. The number of hydrogen-bond donors (Lipinski definition) is 1. The van der Waals surface area contributed by atoms with Gasteiger partial charge in [-0.2, -0.15) is 0 Å². The van der Waals surface area contributed by atoms with Gasteiger partial charge in [0, 0.05) is 18.7 Å². The molecule has 0 atom stereocenters. The Balaban J connectivity index is 1.65. The summed E-state index contributed by atoms with van der Waals surface area (Å²) < 4.78 is 5.75. The van der Waals surface area contributed by atoms with Crippen molar-refractivity contribution in [2.24, 2.45) is 11.7 Å². The molecule has 1 aromatic rings. The van der Waals surface area contributed by atoms with Crippen LogP contribution in [0.15, 0.2) is 24.3 Å². The molecule has 2 N–H and O–H groups in total. The number of thiocarbonyl (C=S) groups is 1. The zero-order valence-electron chi connectivity index (χ0n) is 12.2. The van der Waals surface area contributed by atoms with Gasteiger partial charge in [0.25, 0.3) is 0 Å². The molecular formula is C16H24N2OS. The average Bonchev–Trinajstić information content (AvgIpc) is 3.26. The summed E-state index contributed by atoms with van der Waals surface area (Å²) in [6, 6.07) is 7.67. The highest BCUT2D eigenvalue weighted by atomic mass is 32.1. The minimum absolute atomic E-state index is 0.426. The van der Waals surface area contributed by atoms with Crippen LogP contribution in [0.4, 0.5) is 0 Å². The van der Waals surface area contributed by atoms with Crippen LogP contribution in [0.25, 0.3) is 0 Å². The Bertz CT molecular complexity index is 429. The SMILES string of the molecule is CCN(CCCOc1ccc(C(N)=S)cc1)CC1CC1. The van der Waals surface area contributed by atoms with Crippen LogP contribution in [-0.4, -0.2) is 36.1 Å². The molecule has 0 aromatic heterocycles. The molecule has 0 radical (unpaired) electrons. The lowest BCUT2D eigenvalue weighted by molar-refractivity contribution is 0.235. The van der Waals surface area contributed by atoms with Crippen molar-refractivity contribution in [1.29, 1.82) is 0 Å². The van der Waals surface area contributed by atoms with Crippen molar-refractivity contribution < 1.29 is 4.74 Å². The number of hydrogen-bond acceptors (Lipinski definition) is 3. The molecular weight excluding hydrogens is 268 g/mol. The largest absolute Gasteiger partial charge is 0.494 e. The van der Waals surface area contributed by atoms with Gasteiger partial charge in [-0.25, -0.2) is 0 Å². The second-order valence-electron chi connectivity index (χ2n) is 5.43. The molecule has 1 saturated carbocycles. The van der Waals surface area contributed by atoms with Crippen molar-refractivity contribution in [3.05, 3.63) is 29.8 Å². The van der Waals surface area contributed by atoms with E-state index >= 15 is 0 Å². The summed E-state index contributed by atoms with van der Waals surface area (Å²) in [5.74, 6) is 1.85. The average molecular weight is 292 g/mol. The van der Waals surface area contributed by atoms with Gasteiger partial charge in [0.05, 0.1) is 6.61 Å². The molecule has 1 aliphatic rings. The van der Waals surface area contributed by atoms with E-state index in [1.54, 1.807) is 0 Å². The topological polar surface area (TPSA) is 38.5 Å². The minimum Gasteiger partial charge on any atom is -0.494 e. The van der Waals surface area contributed by atoms with Gasteiger partial charge in [-0.15, -0.1) is 0 Å². The maximum absolute atomic E-state index is 5.75. The molecule has 0 aliphatic heterocycles. The molecule has 3 nitrogen and oxygen atoms in total. The van der Waals surface area contributed by atoms with Crippen LogP contribution in [0, 0.1) is 5.92 Å². The first-order valence-corrected chi connectivity index (χ1v) is 7.85. The van der Waals surface area contributed by atoms with E-state index in [9.17, 15) is 0 Å². The summed E-state index contributed by atoms with van der Waals surface area (Å²) in [7, 11) is 0. The second-order valence-corrected chi connectivity index (χ2v) is 5.87. The number of nitrogens with zero attached hydrogens (tertiary/aromatic N) is 1. The minimum atomic E-state index is 0.426. The normalized spacial score (nSPS) is 14.5. The van der Waals surface area contributed by atoms with Gasteiger partial charge in [-0.05, 0) is 56.0 Å². The fourth-order valence-electron chi connectivity index (χ4n) is 2.24. The van der Waals surface area contributed by atoms with E-state index in [2.05, 4.69) is 11.8 Å². The van der Waals surface area contributed by atoms with Crippen LogP contribution >= 0.6 is 12.2 Å². The fraction of sp³-hybridized carbons (Fsp3) is 0.562. The molecule has 0 spiro atoms. The van der Waals surface area contributed by atoms with Crippen LogP contribution in [0.2, 0.25) is 0 Å². The first-order chi connectivity index (χ1) is 9.69. The first kappa shape index (κ1) is 15.3. The van der Waals surface area contributed by atoms with Gasteiger partial charge in [0.15, 0.2) is 0 Å². The van der Waals surface area contributed by atoms with E-state index < -0.39 is 0 Å². The third-order valence-electron chi connectivity index (χ3n) is 3.69. The zero-order valence-corrected chi connectivity index (χ0v) is 13.0. The summed E-state index contributed by atoms with van der Waals surface area (Å²) in [4.78, 5) is 2.95. The number of nitrogens with two attached hydrogens (primary N) is 1. The Hall–Kier alpha value is -1.13. The monoisotopic (exact) mass is 292 g/mol. The second kappa shape index (κ2) is 7.60. The Morgan fingerprint density at radius 2 is 2.05 bits per heavy atom. The molecule has 4 heteroatoms. The highest BCUT2D eigenvalue weighted by molar-refractivity contribution is 7.80. The van der Waals surface area contributed by atoms with Gasteiger partial charge in [-0.1, -0.05) is 19.1 Å². The lowest BCUT2D eigenvalue weighted by atomic mass is 10.2. The number of ether oxygens (including phenoxy) is 1. The van der Waals surface area contributed by atoms with Crippen LogP contribution in [0.5, 0.6) is 5.75 Å². The van der Waals surface area contributed by atoms with Crippen LogP contribution in [0.3, 0.4) is 0 Å². The molecule has 1 fully saturated rings. The summed E-state index contributed by atoms with van der Waals surface area (Å²) in [6.45, 7) is 6.52. The van der Waals surface area contributed by atoms with E-state index in [1.807, 2.05) is 24.3 Å². The van der Waals surface area contributed by atoms with Crippen molar-refractivity contribution in [3.8, 4) is 5.75 Å². The number of rotatable bonds is 9. The van der Waals surface area contributed by atoms with Gasteiger partial charge in [0.1, 0.15) is 10.7 Å². The van der Waals surface area contributed by atoms with Crippen molar-refractivity contribution in [2.45, 2.75) is 26.2 Å². The molecule has 0 bridgehead atoms. The molecule has 0 saturated heterocycles. The third-order valence-corrected chi connectivity index (χ3v) is 3.92. The molecule has 2 rings (SSSR count). The fourth-order valence-corrected chi connectivity index (χ4v) is 2.37. The molecule has 0 unspecified atom stereocenters. The summed E-state index contributed by atoms with van der Waals surface area (Å²) in [6.07, 6.45) is 3.91. The van der Waals surface area contributed by atoms with E-state index in [1.165, 1.54) is 19.4 Å². The smallest absolute Gasteiger partial charge is 0.119 e. The predicted octanol–water partition coefficient (Wildman–Crippen LogP) is 2.82. The zero-order chi connectivity index (χ0) is 14.4. The van der Waals surface area contributed by atoms with Crippen molar-refractivity contribution in [1.82, 2.24) is 4.90 Å². The molecule has 1 aromatic carbocycles. The third kappa shape index (κ3) is 5.10. The molecule has 0 heterocycles. The molecule has 110 valence electrons. The predicted molar refractivity (Wildman–Crippen MR) is 87.3 cm³/mol. The van der Waals surface area contributed by atoms with E-state index in [4.69, 9.17) is 22.7 Å². The summed E-state index contributed by atoms with van der Waals surface area (Å²) >= 11 is 4.92. The van der Waals surface area contributed by atoms with E-state index in [0.29, 0.717) is 4.99 Å². The van der Waals surface area contributed by atoms with E-state index in [0.717, 1.165) is 43.3 Å². The Morgan fingerprint density at radius 3 is 2.60 bits per heavy atom. The lowest BCUT2D eigenvalue weighted by Crippen LogP contribution is -2.27. The lowest BCUT2D eigenvalue weighted by Gasteiger charge is -2.20. The van der Waals surface area contributed by atoms with Crippen LogP contribution in [-0.2, 0) is 0 Å². The molecule has 20 heavy (non-hydrogen) atoms. The van der Waals surface area contributed by atoms with Crippen LogP contribution in [0.1, 0.15) is 31.7 Å². The summed E-state index contributed by atoms with van der Waals surface area (Å²) in [5, 5.41) is 0. The maximum atomic E-state index is 5.75. The summed E-state index contributed by atoms with van der Waals surface area (Å²) in [5.41, 5.74) is 6.45. The van der Waals surface area contributed by atoms with Crippen molar-refractivity contribution >= 4 is 17.2 Å². The van der Waals surface area contributed by atoms with Gasteiger partial charge in [-0.3, -0.25) is 0 Å². The molecule has 0 amide bonds. The molecule has 1 aliphatic carbocycles. The number of benzene rings is 1. The quantitative estimate of drug-likeness (QED) is 0.561. The Kier molecular flexibility index (Phi) is 5.80. The van der Waals surface area contributed by atoms with Gasteiger partial charge < -0.3 is 15.4 Å². The Morgan fingerprint density at radius 1 is 1.35 bits per heavy atom. The van der Waals surface area contributed by atoms with Gasteiger partial charge in [0.2, 0.25) is 0 Å². The highest BCUT2D eigenvalue weighted by Gasteiger charge is 2.23. The van der Waals surface area contributed by atoms with Gasteiger partial charge >= 0.3 is 0 Å². The first-order valence-electron chi connectivity index (χ1n) is 7.44. The van der Waals surface area contributed by atoms with Crippen LogP contribution < -0.4 is 10.5 Å². The van der Waals surface area contributed by atoms with E-state index in [-0.39, 0.29) is 0 Å². The Labute approximate surface area is 127 Å².